The van der Waals surface area contributed by atoms with Gasteiger partial charge >= 0.3 is 0 Å². The average molecular weight is 517 g/mol. The van der Waals surface area contributed by atoms with Gasteiger partial charge in [-0.1, -0.05) is 84.9 Å². The molecule has 8 aromatic rings. The van der Waals surface area contributed by atoms with Gasteiger partial charge in [0.05, 0.1) is 11.0 Å². The maximum atomic E-state index is 3.68. The maximum Gasteiger partial charge on any atom is 0.0547 e. The Balaban J connectivity index is 1.19. The van der Waals surface area contributed by atoms with E-state index in [2.05, 4.69) is 149 Å². The summed E-state index contributed by atoms with van der Waals surface area (Å²) in [5, 5.41) is 8.83. The Hall–Kier alpha value is -4.86. The smallest absolute Gasteiger partial charge is 0.0547 e. The number of benzene rings is 6. The van der Waals surface area contributed by atoms with Gasteiger partial charge in [0.1, 0.15) is 0 Å². The number of rotatable bonds is 4. The minimum atomic E-state index is 1.08. The molecule has 0 spiro atoms. The number of nitrogens with zero attached hydrogens (tertiary/aromatic N) is 1. The van der Waals surface area contributed by atoms with Crippen LogP contribution in [0.3, 0.4) is 0 Å². The minimum Gasteiger partial charge on any atom is -0.355 e. The Morgan fingerprint density at radius 3 is 2.05 bits per heavy atom. The molecule has 0 aliphatic carbocycles. The second-order valence-corrected chi connectivity index (χ2v) is 11.0. The Bertz CT molecular complexity index is 2130. The van der Waals surface area contributed by atoms with Crippen molar-refractivity contribution in [2.24, 2.45) is 0 Å². The summed E-state index contributed by atoms with van der Waals surface area (Å²) >= 11 is 1.85. The van der Waals surface area contributed by atoms with Crippen LogP contribution in [0, 0.1) is 0 Å². The molecule has 0 aliphatic heterocycles. The predicted octanol–water partition coefficient (Wildman–Crippen LogP) is 10.6. The number of nitrogens with one attached hydrogen (secondary N) is 1. The van der Waals surface area contributed by atoms with E-state index in [1.54, 1.807) is 0 Å². The molecular weight excluding hydrogens is 492 g/mol. The van der Waals surface area contributed by atoms with Crippen LogP contribution in [-0.4, -0.2) is 4.57 Å². The van der Waals surface area contributed by atoms with Crippen LogP contribution in [0.1, 0.15) is 0 Å². The lowest BCUT2D eigenvalue weighted by molar-refractivity contribution is 1.18. The first-order valence-electron chi connectivity index (χ1n) is 13.2. The number of fused-ring (bicyclic) bond motifs is 6. The highest BCUT2D eigenvalue weighted by molar-refractivity contribution is 7.25. The van der Waals surface area contributed by atoms with Crippen LogP contribution < -0.4 is 5.32 Å². The van der Waals surface area contributed by atoms with Crippen LogP contribution in [-0.2, 0) is 0 Å². The molecule has 2 nitrogen and oxygen atoms in total. The predicted molar refractivity (Wildman–Crippen MR) is 169 cm³/mol. The van der Waals surface area contributed by atoms with E-state index in [4.69, 9.17) is 0 Å². The molecule has 8 rings (SSSR count). The highest BCUT2D eigenvalue weighted by atomic mass is 32.1. The molecule has 0 unspecified atom stereocenters. The molecule has 2 aromatic heterocycles. The van der Waals surface area contributed by atoms with E-state index in [0.29, 0.717) is 0 Å². The quantitative estimate of drug-likeness (QED) is 0.246. The largest absolute Gasteiger partial charge is 0.355 e. The van der Waals surface area contributed by atoms with E-state index in [1.165, 1.54) is 58.8 Å². The van der Waals surface area contributed by atoms with E-state index >= 15 is 0 Å². The number of anilines is 2. The van der Waals surface area contributed by atoms with E-state index in [-0.39, 0.29) is 0 Å². The van der Waals surface area contributed by atoms with Crippen LogP contribution in [0.4, 0.5) is 11.4 Å². The first kappa shape index (κ1) is 22.2. The van der Waals surface area contributed by atoms with Crippen molar-refractivity contribution < 1.29 is 0 Å². The fraction of sp³-hybridized carbons (Fsp3) is 0. The first-order valence-corrected chi connectivity index (χ1v) is 14.0. The number of hydrogen-bond donors (Lipinski definition) is 1. The summed E-state index contributed by atoms with van der Waals surface area (Å²) in [6, 6.07) is 50.1. The molecule has 0 saturated heterocycles. The van der Waals surface area contributed by atoms with E-state index in [9.17, 15) is 0 Å². The highest BCUT2D eigenvalue weighted by Crippen LogP contribution is 2.39. The molecule has 0 bridgehead atoms. The van der Waals surface area contributed by atoms with Gasteiger partial charge in [-0.25, -0.2) is 0 Å². The van der Waals surface area contributed by atoms with Gasteiger partial charge in [-0.3, -0.25) is 0 Å². The lowest BCUT2D eigenvalue weighted by Crippen LogP contribution is -1.93. The van der Waals surface area contributed by atoms with Crippen molar-refractivity contribution in [3.05, 3.63) is 140 Å². The third-order valence-corrected chi connectivity index (χ3v) is 8.72. The molecule has 2 heterocycles. The molecule has 0 atom stereocenters. The third kappa shape index (κ3) is 3.63. The van der Waals surface area contributed by atoms with E-state index in [1.807, 2.05) is 11.3 Å². The third-order valence-electron chi connectivity index (χ3n) is 7.59. The van der Waals surface area contributed by atoms with Gasteiger partial charge in [0.2, 0.25) is 0 Å². The molecular formula is C36H24N2S. The summed E-state index contributed by atoms with van der Waals surface area (Å²) in [6.07, 6.45) is 0. The van der Waals surface area contributed by atoms with Crippen LogP contribution in [0.25, 0.3) is 58.8 Å². The van der Waals surface area contributed by atoms with Crippen molar-refractivity contribution in [2.75, 3.05) is 5.32 Å². The van der Waals surface area contributed by atoms with Crippen molar-refractivity contribution >= 4 is 64.7 Å². The number of hydrogen-bond acceptors (Lipinski definition) is 2. The molecule has 184 valence electrons. The topological polar surface area (TPSA) is 17.0 Å². The summed E-state index contributed by atoms with van der Waals surface area (Å²) in [7, 11) is 0. The first-order chi connectivity index (χ1) is 19.3. The molecule has 39 heavy (non-hydrogen) atoms. The van der Waals surface area contributed by atoms with Gasteiger partial charge < -0.3 is 9.88 Å². The van der Waals surface area contributed by atoms with Crippen LogP contribution in [0.5, 0.6) is 0 Å². The molecule has 3 heteroatoms. The average Bonchev–Trinajstić information content (AvgIpc) is 3.54. The summed E-state index contributed by atoms with van der Waals surface area (Å²) in [6.45, 7) is 0. The Morgan fingerprint density at radius 1 is 0.487 bits per heavy atom. The number of thiophene rings is 1. The fourth-order valence-corrected chi connectivity index (χ4v) is 6.92. The molecule has 0 fully saturated rings. The van der Waals surface area contributed by atoms with Gasteiger partial charge in [-0.2, -0.15) is 0 Å². The summed E-state index contributed by atoms with van der Waals surface area (Å²) in [4.78, 5) is 0. The van der Waals surface area contributed by atoms with Crippen molar-refractivity contribution in [3.63, 3.8) is 0 Å². The van der Waals surface area contributed by atoms with Crippen LogP contribution in [0.2, 0.25) is 0 Å². The number of aromatic nitrogens is 1. The zero-order chi connectivity index (χ0) is 25.8. The zero-order valence-corrected chi connectivity index (χ0v) is 22.0. The van der Waals surface area contributed by atoms with Gasteiger partial charge in [0.15, 0.2) is 0 Å². The Kier molecular flexibility index (Phi) is 5.04. The van der Waals surface area contributed by atoms with Gasteiger partial charge in [0.25, 0.3) is 0 Å². The molecule has 6 aromatic carbocycles. The van der Waals surface area contributed by atoms with Gasteiger partial charge in [-0.15, -0.1) is 11.3 Å². The van der Waals surface area contributed by atoms with Gasteiger partial charge in [-0.05, 0) is 65.7 Å². The monoisotopic (exact) mass is 516 g/mol. The Morgan fingerprint density at radius 2 is 1.18 bits per heavy atom. The maximum absolute atomic E-state index is 3.68. The molecule has 0 aliphatic rings. The molecule has 0 radical (unpaired) electrons. The number of para-hydroxylation sites is 2. The lowest BCUT2D eigenvalue weighted by atomic mass is 10.0. The van der Waals surface area contributed by atoms with Gasteiger partial charge in [0, 0.05) is 48.0 Å². The summed E-state index contributed by atoms with van der Waals surface area (Å²) in [5.74, 6) is 0. The molecule has 0 amide bonds. The normalized spacial score (nSPS) is 11.6. The molecule has 1 N–H and O–H groups in total. The second-order valence-electron chi connectivity index (χ2n) is 9.90. The fourth-order valence-electron chi connectivity index (χ4n) is 5.79. The standard InChI is InChI=1S/C36H24N2S/c1-2-9-27(10-3-1)38-32-14-6-4-11-28(32)29-22-19-25(23-33(29)38)24-17-20-26(21-18-24)37-31-13-8-16-35-36(31)30-12-5-7-15-34(30)39-35/h1-23,37H. The van der Waals surface area contributed by atoms with E-state index in [0.717, 1.165) is 11.4 Å². The van der Waals surface area contributed by atoms with Crippen LogP contribution in [0.15, 0.2) is 140 Å². The van der Waals surface area contributed by atoms with E-state index < -0.39 is 0 Å². The zero-order valence-electron chi connectivity index (χ0n) is 21.1. The summed E-state index contributed by atoms with van der Waals surface area (Å²) in [5.41, 5.74) is 8.26. The SMILES string of the molecule is c1ccc(-n2c3ccccc3c3ccc(-c4ccc(Nc5cccc6sc7ccccc7c56)cc4)cc32)cc1. The molecule has 0 saturated carbocycles. The van der Waals surface area contributed by atoms with Crippen molar-refractivity contribution in [1.29, 1.82) is 0 Å². The minimum absolute atomic E-state index is 1.08. The van der Waals surface area contributed by atoms with Crippen molar-refractivity contribution in [1.82, 2.24) is 4.57 Å². The van der Waals surface area contributed by atoms with Crippen LogP contribution >= 0.6 is 11.3 Å². The Labute approximate surface area is 230 Å². The van der Waals surface area contributed by atoms with Crippen molar-refractivity contribution in [3.8, 4) is 16.8 Å². The highest BCUT2D eigenvalue weighted by Gasteiger charge is 2.13. The second kappa shape index (κ2) is 8.87. The lowest BCUT2D eigenvalue weighted by Gasteiger charge is -2.11. The summed E-state index contributed by atoms with van der Waals surface area (Å²) < 4.78 is 5.00. The van der Waals surface area contributed by atoms with Crippen molar-refractivity contribution in [2.45, 2.75) is 0 Å².